The van der Waals surface area contributed by atoms with Crippen LogP contribution in [0.1, 0.15) is 25.8 Å². The maximum Gasteiger partial charge on any atom is 0.115 e. The highest BCUT2D eigenvalue weighted by atomic mass is 79.9. The Morgan fingerprint density at radius 3 is 2.69 bits per heavy atom. The number of halogens is 1. The van der Waals surface area contributed by atoms with Crippen molar-refractivity contribution in [3.05, 3.63) is 28.2 Å². The van der Waals surface area contributed by atoms with Crippen LogP contribution < -0.4 is 5.32 Å². The Balaban J connectivity index is 2.63. The molecule has 0 aliphatic heterocycles. The van der Waals surface area contributed by atoms with Crippen LogP contribution in [0.15, 0.2) is 22.7 Å². The van der Waals surface area contributed by atoms with Crippen molar-refractivity contribution in [2.45, 2.75) is 32.4 Å². The Labute approximate surface area is 105 Å². The number of hydrogen-bond donors (Lipinski definition) is 3. The van der Waals surface area contributed by atoms with Crippen molar-refractivity contribution >= 4 is 15.9 Å². The van der Waals surface area contributed by atoms with Gasteiger partial charge in [0.25, 0.3) is 0 Å². The first-order chi connectivity index (χ1) is 7.44. The Morgan fingerprint density at radius 2 is 2.06 bits per heavy atom. The monoisotopic (exact) mass is 287 g/mol. The zero-order valence-corrected chi connectivity index (χ0v) is 11.2. The Hall–Kier alpha value is -0.580. The largest absolute Gasteiger partial charge is 0.508 e. The summed E-state index contributed by atoms with van der Waals surface area (Å²) < 4.78 is 0.970. The minimum atomic E-state index is -0.111. The zero-order chi connectivity index (χ0) is 12.2. The van der Waals surface area contributed by atoms with E-state index in [1.165, 1.54) is 0 Å². The summed E-state index contributed by atoms with van der Waals surface area (Å²) in [7, 11) is 0. The van der Waals surface area contributed by atoms with Crippen LogP contribution in [-0.2, 0) is 6.54 Å². The molecule has 1 aromatic rings. The molecule has 3 N–H and O–H groups in total. The molecule has 0 fully saturated rings. The maximum atomic E-state index is 9.38. The lowest BCUT2D eigenvalue weighted by Crippen LogP contribution is -2.39. The average Bonchev–Trinajstić information content (AvgIpc) is 2.19. The molecular weight excluding hydrogens is 270 g/mol. The summed E-state index contributed by atoms with van der Waals surface area (Å²) in [5, 5.41) is 21.6. The highest BCUT2D eigenvalue weighted by molar-refractivity contribution is 9.10. The van der Waals surface area contributed by atoms with Crippen molar-refractivity contribution in [2.24, 2.45) is 0 Å². The number of phenolic OH excluding ortho intramolecular Hbond substituents is 1. The predicted octanol–water partition coefficient (Wildman–Crippen LogP) is 2.41. The molecule has 0 aliphatic carbocycles. The number of nitrogens with one attached hydrogen (secondary N) is 1. The summed E-state index contributed by atoms with van der Waals surface area (Å²) in [6, 6.07) is 5.20. The van der Waals surface area contributed by atoms with Crippen molar-refractivity contribution in [2.75, 3.05) is 6.61 Å². The molecule has 0 aromatic heterocycles. The summed E-state index contributed by atoms with van der Waals surface area (Å²) in [5.74, 6) is 0.264. The molecule has 4 heteroatoms. The van der Waals surface area contributed by atoms with Crippen LogP contribution in [0.4, 0.5) is 0 Å². The Morgan fingerprint density at radius 1 is 1.38 bits per heavy atom. The van der Waals surface area contributed by atoms with E-state index in [1.807, 2.05) is 19.9 Å². The molecule has 0 spiro atoms. The third-order valence-electron chi connectivity index (χ3n) is 2.52. The molecule has 3 nitrogen and oxygen atoms in total. The second-order valence-electron chi connectivity index (χ2n) is 4.49. The summed E-state index contributed by atoms with van der Waals surface area (Å²) in [6.07, 6.45) is 0.698. The lowest BCUT2D eigenvalue weighted by atomic mass is 10.0. The molecule has 0 heterocycles. The van der Waals surface area contributed by atoms with E-state index in [9.17, 15) is 5.11 Å². The molecule has 0 unspecified atom stereocenters. The Kier molecular flexibility index (Phi) is 4.77. The number of hydrogen-bond acceptors (Lipinski definition) is 3. The van der Waals surface area contributed by atoms with E-state index in [2.05, 4.69) is 21.2 Å². The topological polar surface area (TPSA) is 52.5 Å². The second-order valence-corrected chi connectivity index (χ2v) is 5.34. The van der Waals surface area contributed by atoms with Gasteiger partial charge in [0.05, 0.1) is 0 Å². The second kappa shape index (κ2) is 5.66. The molecule has 0 bridgehead atoms. The molecule has 0 saturated heterocycles. The molecule has 0 atom stereocenters. The van der Waals surface area contributed by atoms with E-state index in [4.69, 9.17) is 5.11 Å². The van der Waals surface area contributed by atoms with Crippen molar-refractivity contribution in [1.82, 2.24) is 5.32 Å². The van der Waals surface area contributed by atoms with Crippen molar-refractivity contribution in [3.8, 4) is 5.75 Å². The smallest absolute Gasteiger partial charge is 0.115 e. The third-order valence-corrected chi connectivity index (χ3v) is 3.30. The number of phenols is 1. The molecule has 0 amide bonds. The van der Waals surface area contributed by atoms with Gasteiger partial charge in [-0.3, -0.25) is 0 Å². The average molecular weight is 288 g/mol. The summed E-state index contributed by atoms with van der Waals surface area (Å²) >= 11 is 3.44. The maximum absolute atomic E-state index is 9.38. The van der Waals surface area contributed by atoms with Gasteiger partial charge in [0.15, 0.2) is 0 Å². The predicted molar refractivity (Wildman–Crippen MR) is 68.4 cm³/mol. The van der Waals surface area contributed by atoms with E-state index in [-0.39, 0.29) is 17.9 Å². The van der Waals surface area contributed by atoms with Crippen molar-refractivity contribution < 1.29 is 10.2 Å². The highest BCUT2D eigenvalue weighted by Gasteiger charge is 2.16. The van der Waals surface area contributed by atoms with Gasteiger partial charge >= 0.3 is 0 Å². The standard InChI is InChI=1S/C12H18BrNO2/c1-12(2,5-6-15)14-8-9-7-10(16)3-4-11(9)13/h3-4,7,14-16H,5-6,8H2,1-2H3. The van der Waals surface area contributed by atoms with Gasteiger partial charge < -0.3 is 15.5 Å². The minimum absolute atomic E-state index is 0.111. The fraction of sp³-hybridized carbons (Fsp3) is 0.500. The van der Waals surface area contributed by atoms with Crippen LogP contribution in [0.5, 0.6) is 5.75 Å². The van der Waals surface area contributed by atoms with Crippen molar-refractivity contribution in [3.63, 3.8) is 0 Å². The zero-order valence-electron chi connectivity index (χ0n) is 9.63. The molecule has 1 rings (SSSR count). The number of aromatic hydroxyl groups is 1. The number of aliphatic hydroxyl groups excluding tert-OH is 1. The molecule has 1 aromatic carbocycles. The van der Waals surface area contributed by atoms with Crippen LogP contribution in [0.25, 0.3) is 0 Å². The molecular formula is C12H18BrNO2. The van der Waals surface area contributed by atoms with Crippen LogP contribution in [-0.4, -0.2) is 22.4 Å². The highest BCUT2D eigenvalue weighted by Crippen LogP contribution is 2.22. The van der Waals surface area contributed by atoms with Gasteiger partial charge in [-0.25, -0.2) is 0 Å². The van der Waals surface area contributed by atoms with E-state index < -0.39 is 0 Å². The summed E-state index contributed by atoms with van der Waals surface area (Å²) in [5.41, 5.74) is 0.894. The molecule has 0 aliphatic rings. The first-order valence-corrected chi connectivity index (χ1v) is 6.07. The summed E-state index contributed by atoms with van der Waals surface area (Å²) in [6.45, 7) is 4.91. The van der Waals surface area contributed by atoms with Crippen LogP contribution >= 0.6 is 15.9 Å². The molecule has 16 heavy (non-hydrogen) atoms. The van der Waals surface area contributed by atoms with E-state index in [1.54, 1.807) is 12.1 Å². The molecule has 0 saturated carbocycles. The van der Waals surface area contributed by atoms with Crippen molar-refractivity contribution in [1.29, 1.82) is 0 Å². The van der Waals surface area contributed by atoms with Gasteiger partial charge in [-0.15, -0.1) is 0 Å². The first-order valence-electron chi connectivity index (χ1n) is 5.28. The molecule has 0 radical (unpaired) electrons. The van der Waals surface area contributed by atoms with Crippen LogP contribution in [0.2, 0.25) is 0 Å². The van der Waals surface area contributed by atoms with Crippen LogP contribution in [0, 0.1) is 0 Å². The van der Waals surface area contributed by atoms with Gasteiger partial charge in [-0.05, 0) is 44.0 Å². The third kappa shape index (κ3) is 4.12. The SMILES string of the molecule is CC(C)(CCO)NCc1cc(O)ccc1Br. The van der Waals surface area contributed by atoms with E-state index in [0.29, 0.717) is 13.0 Å². The van der Waals surface area contributed by atoms with Gasteiger partial charge in [-0.2, -0.15) is 0 Å². The van der Waals surface area contributed by atoms with Gasteiger partial charge in [0.1, 0.15) is 5.75 Å². The fourth-order valence-corrected chi connectivity index (χ4v) is 1.79. The van der Waals surface area contributed by atoms with Crippen LogP contribution in [0.3, 0.4) is 0 Å². The quantitative estimate of drug-likeness (QED) is 0.780. The lowest BCUT2D eigenvalue weighted by molar-refractivity contribution is 0.230. The van der Waals surface area contributed by atoms with E-state index in [0.717, 1.165) is 10.0 Å². The first kappa shape index (κ1) is 13.5. The number of benzene rings is 1. The Bertz CT molecular complexity index is 353. The minimum Gasteiger partial charge on any atom is -0.508 e. The van der Waals surface area contributed by atoms with Gasteiger partial charge in [0.2, 0.25) is 0 Å². The fourth-order valence-electron chi connectivity index (χ4n) is 1.40. The van der Waals surface area contributed by atoms with Gasteiger partial charge in [-0.1, -0.05) is 15.9 Å². The van der Waals surface area contributed by atoms with E-state index >= 15 is 0 Å². The number of aliphatic hydroxyl groups is 1. The number of rotatable bonds is 5. The normalized spacial score (nSPS) is 11.8. The lowest BCUT2D eigenvalue weighted by Gasteiger charge is -2.25. The molecule has 90 valence electrons. The summed E-state index contributed by atoms with van der Waals surface area (Å²) in [4.78, 5) is 0. The van der Waals surface area contributed by atoms with Gasteiger partial charge in [0, 0.05) is 23.2 Å².